The molecule has 3 aromatic rings. The Morgan fingerprint density at radius 3 is 2.40 bits per heavy atom. The minimum atomic E-state index is -1.10. The smallest absolute Gasteiger partial charge is 0.339 e. The largest absolute Gasteiger partial charge is 0.483 e. The zero-order chi connectivity index (χ0) is 24.2. The molecule has 0 saturated heterocycles. The topological polar surface area (TPSA) is 79.2 Å². The summed E-state index contributed by atoms with van der Waals surface area (Å²) in [5, 5.41) is 15.8. The number of fused-ring (bicyclic) bond motifs is 1. The van der Waals surface area contributed by atoms with Crippen LogP contribution in [0.25, 0.3) is 6.08 Å². The second-order valence-electron chi connectivity index (χ2n) is 8.75. The number of hydrogen-bond donors (Lipinski definition) is 1. The maximum atomic E-state index is 13.4. The van der Waals surface area contributed by atoms with Crippen molar-refractivity contribution >= 4 is 23.7 Å². The van der Waals surface area contributed by atoms with Crippen LogP contribution in [0.3, 0.4) is 0 Å². The summed E-state index contributed by atoms with van der Waals surface area (Å²) in [6, 6.07) is 26.2. The molecule has 2 aliphatic rings. The van der Waals surface area contributed by atoms with Crippen LogP contribution in [0.15, 0.2) is 95.6 Å². The molecule has 1 aliphatic carbocycles. The first-order valence-electron chi connectivity index (χ1n) is 11.8. The maximum Gasteiger partial charge on any atom is 0.339 e. The standard InChI is InChI=1S/C29H26N2O4/c32-26(19-35-25-17-8-7-15-23(25)29(33)34)31-28(21-12-5-2-6-13-21)24-16-9-14-22(27(24)30-31)18-20-10-3-1-4-11-20/h1-8,10-13,15,17-18,24,28H,9,14,16,19H2,(H,33,34). The molecule has 5 rings (SSSR count). The fourth-order valence-electron chi connectivity index (χ4n) is 4.92. The summed E-state index contributed by atoms with van der Waals surface area (Å²) in [5.41, 5.74) is 4.26. The monoisotopic (exact) mass is 466 g/mol. The van der Waals surface area contributed by atoms with Crippen molar-refractivity contribution in [1.29, 1.82) is 0 Å². The first-order chi connectivity index (χ1) is 17.1. The van der Waals surface area contributed by atoms with Gasteiger partial charge in [0.15, 0.2) is 6.61 Å². The van der Waals surface area contributed by atoms with Crippen molar-refractivity contribution in [3.05, 3.63) is 107 Å². The van der Waals surface area contributed by atoms with Crippen molar-refractivity contribution in [2.24, 2.45) is 11.0 Å². The molecule has 0 aromatic heterocycles. The summed E-state index contributed by atoms with van der Waals surface area (Å²) in [6.07, 6.45) is 5.05. The summed E-state index contributed by atoms with van der Waals surface area (Å²) in [4.78, 5) is 24.9. The predicted octanol–water partition coefficient (Wildman–Crippen LogP) is 5.59. The van der Waals surface area contributed by atoms with E-state index >= 15 is 0 Å². The quantitative estimate of drug-likeness (QED) is 0.514. The highest BCUT2D eigenvalue weighted by Crippen LogP contribution is 2.44. The van der Waals surface area contributed by atoms with Gasteiger partial charge in [0, 0.05) is 5.92 Å². The molecule has 1 amide bonds. The molecule has 0 bridgehead atoms. The molecule has 2 unspecified atom stereocenters. The molecular formula is C29H26N2O4. The lowest BCUT2D eigenvalue weighted by atomic mass is 9.77. The second-order valence-corrected chi connectivity index (χ2v) is 8.75. The highest BCUT2D eigenvalue weighted by atomic mass is 16.5. The SMILES string of the molecule is O=C(O)c1ccccc1OCC(=O)N1N=C2C(=Cc3ccccc3)CCCC2C1c1ccccc1. The van der Waals surface area contributed by atoms with E-state index in [2.05, 4.69) is 18.2 Å². The van der Waals surface area contributed by atoms with E-state index in [-0.39, 0.29) is 35.8 Å². The van der Waals surface area contributed by atoms with Crippen LogP contribution >= 0.6 is 0 Å². The molecule has 2 atom stereocenters. The molecule has 35 heavy (non-hydrogen) atoms. The van der Waals surface area contributed by atoms with Gasteiger partial charge in [-0.05, 0) is 54.2 Å². The van der Waals surface area contributed by atoms with Crippen molar-refractivity contribution in [3.63, 3.8) is 0 Å². The van der Waals surface area contributed by atoms with E-state index in [1.165, 1.54) is 6.07 Å². The van der Waals surface area contributed by atoms with Gasteiger partial charge >= 0.3 is 5.97 Å². The van der Waals surface area contributed by atoms with Crippen molar-refractivity contribution in [2.45, 2.75) is 25.3 Å². The third-order valence-corrected chi connectivity index (χ3v) is 6.51. The van der Waals surface area contributed by atoms with Crippen molar-refractivity contribution < 1.29 is 19.4 Å². The third kappa shape index (κ3) is 4.73. The van der Waals surface area contributed by atoms with E-state index < -0.39 is 5.97 Å². The van der Waals surface area contributed by atoms with Gasteiger partial charge in [0.2, 0.25) is 0 Å². The number of nitrogens with zero attached hydrogens (tertiary/aromatic N) is 2. The predicted molar refractivity (Wildman–Crippen MR) is 134 cm³/mol. The molecule has 1 fully saturated rings. The van der Waals surface area contributed by atoms with Gasteiger partial charge in [-0.25, -0.2) is 9.80 Å². The minimum Gasteiger partial charge on any atom is -0.483 e. The van der Waals surface area contributed by atoms with Gasteiger partial charge in [0.05, 0.1) is 11.8 Å². The number of carboxylic acids is 1. The fourth-order valence-corrected chi connectivity index (χ4v) is 4.92. The fraction of sp³-hybridized carbons (Fsp3) is 0.207. The van der Waals surface area contributed by atoms with Gasteiger partial charge in [0.1, 0.15) is 11.3 Å². The van der Waals surface area contributed by atoms with E-state index in [0.29, 0.717) is 0 Å². The van der Waals surface area contributed by atoms with Crippen LogP contribution in [-0.2, 0) is 4.79 Å². The lowest BCUT2D eigenvalue weighted by Gasteiger charge is -2.29. The van der Waals surface area contributed by atoms with Gasteiger partial charge in [-0.15, -0.1) is 0 Å². The number of carbonyl (C=O) groups excluding carboxylic acids is 1. The molecular weight excluding hydrogens is 440 g/mol. The molecule has 6 heteroatoms. The van der Waals surface area contributed by atoms with Crippen LogP contribution < -0.4 is 4.74 Å². The van der Waals surface area contributed by atoms with E-state index in [9.17, 15) is 14.7 Å². The van der Waals surface area contributed by atoms with Crippen molar-refractivity contribution in [1.82, 2.24) is 5.01 Å². The van der Waals surface area contributed by atoms with Crippen LogP contribution in [0.4, 0.5) is 0 Å². The van der Waals surface area contributed by atoms with Crippen molar-refractivity contribution in [3.8, 4) is 5.75 Å². The lowest BCUT2D eigenvalue weighted by Crippen LogP contribution is -2.34. The first kappa shape index (κ1) is 22.6. The molecule has 0 radical (unpaired) electrons. The minimum absolute atomic E-state index is 0.0226. The number of rotatable bonds is 6. The van der Waals surface area contributed by atoms with Gasteiger partial charge < -0.3 is 9.84 Å². The van der Waals surface area contributed by atoms with E-state index in [1.807, 2.05) is 48.5 Å². The Kier molecular flexibility index (Phi) is 6.44. The molecule has 176 valence electrons. The Hall–Kier alpha value is -4.19. The Bertz CT molecular complexity index is 1280. The number of hydrazone groups is 1. The summed E-state index contributed by atoms with van der Waals surface area (Å²) in [6.45, 7) is -0.297. The molecule has 6 nitrogen and oxygen atoms in total. The number of para-hydroxylation sites is 1. The number of amides is 1. The van der Waals surface area contributed by atoms with E-state index in [1.54, 1.807) is 23.2 Å². The Morgan fingerprint density at radius 1 is 0.971 bits per heavy atom. The third-order valence-electron chi connectivity index (χ3n) is 6.51. The number of aromatic carboxylic acids is 1. The number of benzene rings is 3. The molecule has 1 N–H and O–H groups in total. The molecule has 1 aliphatic heterocycles. The van der Waals surface area contributed by atoms with Gasteiger partial charge in [0.25, 0.3) is 5.91 Å². The number of ether oxygens (including phenoxy) is 1. The van der Waals surface area contributed by atoms with Gasteiger partial charge in [-0.3, -0.25) is 4.79 Å². The second kappa shape index (κ2) is 9.97. The zero-order valence-electron chi connectivity index (χ0n) is 19.2. The average Bonchev–Trinajstić information content (AvgIpc) is 3.29. The number of carboxylic acid groups (broad SMARTS) is 1. The zero-order valence-corrected chi connectivity index (χ0v) is 19.2. The highest BCUT2D eigenvalue weighted by Gasteiger charge is 2.43. The Labute approximate surface area is 204 Å². The highest BCUT2D eigenvalue weighted by molar-refractivity contribution is 6.08. The van der Waals surface area contributed by atoms with Gasteiger partial charge in [-0.2, -0.15) is 5.10 Å². The van der Waals surface area contributed by atoms with E-state index in [0.717, 1.165) is 41.7 Å². The van der Waals surface area contributed by atoms with Crippen LogP contribution in [0.1, 0.15) is 46.8 Å². The van der Waals surface area contributed by atoms with Crippen LogP contribution in [0.2, 0.25) is 0 Å². The lowest BCUT2D eigenvalue weighted by molar-refractivity contribution is -0.135. The van der Waals surface area contributed by atoms with Crippen LogP contribution in [0, 0.1) is 5.92 Å². The Morgan fingerprint density at radius 2 is 1.66 bits per heavy atom. The molecule has 1 heterocycles. The molecule has 0 spiro atoms. The summed E-state index contributed by atoms with van der Waals surface area (Å²) < 4.78 is 5.68. The normalized spacial score (nSPS) is 20.3. The summed E-state index contributed by atoms with van der Waals surface area (Å²) in [7, 11) is 0. The molecule has 3 aromatic carbocycles. The number of allylic oxidation sites excluding steroid dienone is 1. The van der Waals surface area contributed by atoms with E-state index in [4.69, 9.17) is 9.84 Å². The summed E-state index contributed by atoms with van der Waals surface area (Å²) >= 11 is 0. The van der Waals surface area contributed by atoms with Crippen LogP contribution in [-0.4, -0.2) is 34.3 Å². The maximum absolute atomic E-state index is 13.4. The van der Waals surface area contributed by atoms with Crippen molar-refractivity contribution in [2.75, 3.05) is 6.61 Å². The Balaban J connectivity index is 1.46. The summed E-state index contributed by atoms with van der Waals surface area (Å²) in [5.74, 6) is -1.15. The number of hydrogen-bond acceptors (Lipinski definition) is 4. The van der Waals surface area contributed by atoms with Gasteiger partial charge in [-0.1, -0.05) is 72.8 Å². The molecule has 1 saturated carbocycles. The number of carbonyl (C=O) groups is 2. The first-order valence-corrected chi connectivity index (χ1v) is 11.8. The van der Waals surface area contributed by atoms with Crippen LogP contribution in [0.5, 0.6) is 5.75 Å². The average molecular weight is 467 g/mol.